The third kappa shape index (κ3) is 1.64. The smallest absolute Gasteiger partial charge is 0.391 e. The topological polar surface area (TPSA) is 26.3 Å². The number of alkyl halides is 11. The molecule has 0 atom stereocenters. The highest BCUT2D eigenvalue weighted by molar-refractivity contribution is 5.69. The Morgan fingerprint density at radius 3 is 1.23 bits per heavy atom. The largest absolute Gasteiger partial charge is 0.417 e. The molecule has 0 unspecified atom stereocenters. The summed E-state index contributed by atoms with van der Waals surface area (Å²) in [5.41, 5.74) is 0. The molecule has 0 aromatic carbocycles. The van der Waals surface area contributed by atoms with Gasteiger partial charge in [-0.25, -0.2) is 0 Å². The number of ether oxygens (including phenoxy) is 1. The molecule has 0 radical (unpaired) electrons. The van der Waals surface area contributed by atoms with Gasteiger partial charge in [0.25, 0.3) is 0 Å². The number of hydrogen-bond acceptors (Lipinski definition) is 2. The molecule has 1 fully saturated rings. The Hall–Kier alpha value is -1.30. The van der Waals surface area contributed by atoms with Gasteiger partial charge >= 0.3 is 41.4 Å². The average Bonchev–Trinajstić information content (AvgIpc) is 2.35. The van der Waals surface area contributed by atoms with Crippen LogP contribution >= 0.6 is 0 Å². The van der Waals surface area contributed by atoms with E-state index in [1.807, 2.05) is 0 Å². The molecule has 0 amide bonds. The van der Waals surface area contributed by atoms with Gasteiger partial charge in [-0.1, -0.05) is 6.92 Å². The van der Waals surface area contributed by atoms with Gasteiger partial charge in [-0.15, -0.1) is 0 Å². The summed E-state index contributed by atoms with van der Waals surface area (Å²) in [6.45, 7) is 0.690. The molecule has 0 saturated heterocycles. The van der Waals surface area contributed by atoms with Gasteiger partial charge in [-0.2, -0.15) is 48.3 Å². The lowest BCUT2D eigenvalue weighted by atomic mass is 9.78. The Balaban J connectivity index is 3.73. The van der Waals surface area contributed by atoms with E-state index in [-0.39, 0.29) is 0 Å². The second-order valence-electron chi connectivity index (χ2n) is 4.29. The van der Waals surface area contributed by atoms with Crippen molar-refractivity contribution in [1.29, 1.82) is 0 Å². The molecular formula is C9H5F11O2. The van der Waals surface area contributed by atoms with Crippen molar-refractivity contribution in [3.63, 3.8) is 0 Å². The van der Waals surface area contributed by atoms with Crippen LogP contribution in [0.1, 0.15) is 13.3 Å². The van der Waals surface area contributed by atoms with Gasteiger partial charge in [-0.05, 0) is 0 Å². The zero-order valence-corrected chi connectivity index (χ0v) is 10.2. The summed E-state index contributed by atoms with van der Waals surface area (Å²) >= 11 is 0. The molecule has 0 bridgehead atoms. The van der Waals surface area contributed by atoms with Crippen LogP contribution in [0.5, 0.6) is 0 Å². The van der Waals surface area contributed by atoms with E-state index in [1.54, 1.807) is 0 Å². The van der Waals surface area contributed by atoms with Crippen LogP contribution in [0.15, 0.2) is 0 Å². The molecule has 2 nitrogen and oxygen atoms in total. The van der Waals surface area contributed by atoms with Crippen LogP contribution in [0.25, 0.3) is 0 Å². The van der Waals surface area contributed by atoms with E-state index in [0.29, 0.717) is 6.92 Å². The van der Waals surface area contributed by atoms with Crippen LogP contribution in [0, 0.1) is 0 Å². The van der Waals surface area contributed by atoms with Crippen molar-refractivity contribution in [1.82, 2.24) is 0 Å². The van der Waals surface area contributed by atoms with Crippen molar-refractivity contribution in [2.45, 2.75) is 48.8 Å². The van der Waals surface area contributed by atoms with E-state index < -0.39 is 47.9 Å². The van der Waals surface area contributed by atoms with Gasteiger partial charge in [0.2, 0.25) is 0 Å². The van der Waals surface area contributed by atoms with Crippen molar-refractivity contribution in [3.05, 3.63) is 0 Å². The summed E-state index contributed by atoms with van der Waals surface area (Å²) < 4.78 is 146. The molecule has 13 heteroatoms. The first-order chi connectivity index (χ1) is 9.45. The molecule has 0 heterocycles. The number of esters is 1. The summed E-state index contributed by atoms with van der Waals surface area (Å²) in [4.78, 5) is 10.6. The van der Waals surface area contributed by atoms with Crippen molar-refractivity contribution >= 4 is 5.97 Å². The molecule has 1 aliphatic carbocycles. The van der Waals surface area contributed by atoms with Crippen molar-refractivity contribution in [3.8, 4) is 0 Å². The van der Waals surface area contributed by atoms with E-state index >= 15 is 0 Å². The monoisotopic (exact) mass is 354 g/mol. The van der Waals surface area contributed by atoms with Gasteiger partial charge < -0.3 is 4.74 Å². The Morgan fingerprint density at radius 2 is 0.955 bits per heavy atom. The number of carbonyl (C=O) groups excluding carboxylic acids is 1. The molecule has 0 aromatic rings. The fraction of sp³-hybridized carbons (Fsp3) is 0.889. The highest BCUT2D eigenvalue weighted by atomic mass is 19.4. The molecule has 0 spiro atoms. The Kier molecular flexibility index (Phi) is 3.72. The molecule has 130 valence electrons. The number of carbonyl (C=O) groups is 1. The minimum Gasteiger partial charge on any atom is -0.417 e. The first-order valence-electron chi connectivity index (χ1n) is 5.25. The summed E-state index contributed by atoms with van der Waals surface area (Å²) in [5, 5.41) is 0. The molecular weight excluding hydrogens is 349 g/mol. The fourth-order valence-electron chi connectivity index (χ4n) is 1.55. The number of halogens is 11. The Bertz CT molecular complexity index is 454. The molecule has 0 aromatic heterocycles. The van der Waals surface area contributed by atoms with Crippen LogP contribution in [-0.4, -0.2) is 41.4 Å². The van der Waals surface area contributed by atoms with Crippen LogP contribution in [0.4, 0.5) is 48.3 Å². The van der Waals surface area contributed by atoms with E-state index in [0.717, 1.165) is 0 Å². The predicted molar refractivity (Wildman–Crippen MR) is 45.0 cm³/mol. The van der Waals surface area contributed by atoms with Crippen molar-refractivity contribution in [2.24, 2.45) is 0 Å². The SMILES string of the molecule is CCC(=O)OC1(F)C(F)(F)C(F)(F)C(F)(F)C(F)(F)C1(F)F. The normalized spacial score (nSPS) is 29.6. The first-order valence-corrected chi connectivity index (χ1v) is 5.25. The first kappa shape index (κ1) is 18.7. The maximum absolute atomic E-state index is 13.7. The van der Waals surface area contributed by atoms with Gasteiger partial charge in [-0.3, -0.25) is 4.79 Å². The summed E-state index contributed by atoms with van der Waals surface area (Å²) in [7, 11) is 0. The molecule has 1 rings (SSSR count). The van der Waals surface area contributed by atoms with E-state index in [9.17, 15) is 53.1 Å². The van der Waals surface area contributed by atoms with Gasteiger partial charge in [0.15, 0.2) is 0 Å². The fourth-order valence-corrected chi connectivity index (χ4v) is 1.55. The zero-order valence-electron chi connectivity index (χ0n) is 10.2. The summed E-state index contributed by atoms with van der Waals surface area (Å²) in [6.07, 6.45) is -1.16. The minimum atomic E-state index is -7.32. The number of rotatable bonds is 2. The zero-order chi connectivity index (χ0) is 18.0. The highest BCUT2D eigenvalue weighted by Crippen LogP contribution is 2.69. The van der Waals surface area contributed by atoms with E-state index in [2.05, 4.69) is 4.74 Å². The van der Waals surface area contributed by atoms with Crippen LogP contribution in [-0.2, 0) is 9.53 Å². The number of hydrogen-bond donors (Lipinski definition) is 0. The lowest BCUT2D eigenvalue weighted by Gasteiger charge is -2.51. The minimum absolute atomic E-state index is 0.690. The van der Waals surface area contributed by atoms with Crippen LogP contribution < -0.4 is 0 Å². The van der Waals surface area contributed by atoms with Crippen LogP contribution in [0.3, 0.4) is 0 Å². The van der Waals surface area contributed by atoms with Crippen molar-refractivity contribution in [2.75, 3.05) is 0 Å². The molecule has 1 saturated carbocycles. The highest BCUT2D eigenvalue weighted by Gasteiger charge is 3.03. The predicted octanol–water partition coefficient (Wildman–Crippen LogP) is 3.80. The van der Waals surface area contributed by atoms with Crippen LogP contribution in [0.2, 0.25) is 0 Å². The maximum Gasteiger partial charge on any atom is 0.391 e. The van der Waals surface area contributed by atoms with E-state index in [4.69, 9.17) is 0 Å². The molecule has 22 heavy (non-hydrogen) atoms. The van der Waals surface area contributed by atoms with Gasteiger partial charge in [0, 0.05) is 6.42 Å². The second kappa shape index (κ2) is 4.37. The summed E-state index contributed by atoms with van der Waals surface area (Å²) in [5.74, 6) is -45.2. The average molecular weight is 354 g/mol. The third-order valence-electron chi connectivity index (χ3n) is 2.93. The lowest BCUT2D eigenvalue weighted by molar-refractivity contribution is -0.517. The molecule has 0 aliphatic heterocycles. The molecule has 1 aliphatic rings. The third-order valence-corrected chi connectivity index (χ3v) is 2.93. The second-order valence-corrected chi connectivity index (χ2v) is 4.29. The molecule has 0 N–H and O–H groups in total. The van der Waals surface area contributed by atoms with Crippen molar-refractivity contribution < 1.29 is 57.8 Å². The Labute approximate surface area is 114 Å². The Morgan fingerprint density at radius 1 is 0.682 bits per heavy atom. The summed E-state index contributed by atoms with van der Waals surface area (Å²) in [6, 6.07) is 0. The van der Waals surface area contributed by atoms with E-state index in [1.165, 1.54) is 0 Å². The van der Waals surface area contributed by atoms with Gasteiger partial charge in [0.1, 0.15) is 0 Å². The lowest BCUT2D eigenvalue weighted by Crippen LogP contribution is -2.84. The maximum atomic E-state index is 13.7. The quantitative estimate of drug-likeness (QED) is 0.557. The standard InChI is InChI=1S/C9H5F11O2/c1-2-3(21)22-9(20)7(16,17)5(12,13)4(10,11)6(14,15)8(9,18)19/h2H2,1H3. The van der Waals surface area contributed by atoms with Gasteiger partial charge in [0.05, 0.1) is 0 Å².